The van der Waals surface area contributed by atoms with Crippen LogP contribution >= 0.6 is 11.6 Å². The van der Waals surface area contributed by atoms with Gasteiger partial charge in [0.2, 0.25) is 5.91 Å². The molecule has 1 aromatic carbocycles. The second-order valence-corrected chi connectivity index (χ2v) is 8.00. The van der Waals surface area contributed by atoms with Crippen LogP contribution in [0.2, 0.25) is 5.02 Å². The number of ether oxygens (including phenoxy) is 1. The van der Waals surface area contributed by atoms with Gasteiger partial charge in [-0.3, -0.25) is 14.6 Å². The normalized spacial score (nSPS) is 23.3. The van der Waals surface area contributed by atoms with Crippen molar-refractivity contribution >= 4 is 23.4 Å². The van der Waals surface area contributed by atoms with Crippen molar-refractivity contribution in [3.05, 3.63) is 64.9 Å². The average molecular weight is 414 g/mol. The van der Waals surface area contributed by atoms with Crippen molar-refractivity contribution in [2.24, 2.45) is 11.8 Å². The van der Waals surface area contributed by atoms with Crippen molar-refractivity contribution in [2.45, 2.75) is 13.0 Å². The van der Waals surface area contributed by atoms with Crippen molar-refractivity contribution in [3.63, 3.8) is 0 Å². The van der Waals surface area contributed by atoms with Crippen LogP contribution in [0.1, 0.15) is 28.9 Å². The van der Waals surface area contributed by atoms with Gasteiger partial charge in [0.25, 0.3) is 5.91 Å². The van der Waals surface area contributed by atoms with Crippen LogP contribution in [0.15, 0.2) is 48.8 Å². The van der Waals surface area contributed by atoms with Crippen LogP contribution in [-0.2, 0) is 9.53 Å². The number of carbonyl (C=O) groups is 2. The van der Waals surface area contributed by atoms with Crippen molar-refractivity contribution in [2.75, 3.05) is 32.8 Å². The molecule has 2 amide bonds. The molecule has 0 saturated carbocycles. The van der Waals surface area contributed by atoms with Gasteiger partial charge in [-0.25, -0.2) is 0 Å². The molecule has 0 radical (unpaired) electrons. The SMILES string of the molecule is CCOCC(=O)N1C[C@H]2CN(C(=O)c3cncc(Cl)c3)[C@H](c3ccccc3)[C@H]2C1. The molecule has 2 aliphatic rings. The molecule has 0 N–H and O–H groups in total. The number of fused-ring (bicyclic) bond motifs is 1. The van der Waals surface area contributed by atoms with Gasteiger partial charge >= 0.3 is 0 Å². The molecule has 1 aromatic heterocycles. The molecule has 2 saturated heterocycles. The predicted molar refractivity (Wildman–Crippen MR) is 110 cm³/mol. The first-order valence-corrected chi connectivity index (χ1v) is 10.3. The van der Waals surface area contributed by atoms with Gasteiger partial charge in [0.15, 0.2) is 0 Å². The number of carbonyl (C=O) groups excluding carboxylic acids is 2. The number of halogens is 1. The van der Waals surface area contributed by atoms with Crippen LogP contribution in [0.25, 0.3) is 0 Å². The first kappa shape index (κ1) is 19.9. The fourth-order valence-corrected chi connectivity index (χ4v) is 4.68. The number of hydrogen-bond acceptors (Lipinski definition) is 4. The Hall–Kier alpha value is -2.44. The van der Waals surface area contributed by atoms with Crippen LogP contribution < -0.4 is 0 Å². The second-order valence-electron chi connectivity index (χ2n) is 7.56. The lowest BCUT2D eigenvalue weighted by atomic mass is 9.89. The van der Waals surface area contributed by atoms with Crippen LogP contribution in [0.3, 0.4) is 0 Å². The third-order valence-electron chi connectivity index (χ3n) is 5.80. The van der Waals surface area contributed by atoms with Gasteiger partial charge in [-0.05, 0) is 18.6 Å². The lowest BCUT2D eigenvalue weighted by molar-refractivity contribution is -0.135. The zero-order valence-electron chi connectivity index (χ0n) is 16.3. The minimum absolute atomic E-state index is 0.0185. The summed E-state index contributed by atoms with van der Waals surface area (Å²) in [6, 6.07) is 11.6. The summed E-state index contributed by atoms with van der Waals surface area (Å²) < 4.78 is 5.29. The summed E-state index contributed by atoms with van der Waals surface area (Å²) in [6.07, 6.45) is 3.08. The van der Waals surface area contributed by atoms with E-state index >= 15 is 0 Å². The number of pyridine rings is 1. The molecule has 7 heteroatoms. The number of amides is 2. The Kier molecular flexibility index (Phi) is 5.83. The highest BCUT2D eigenvalue weighted by atomic mass is 35.5. The second kappa shape index (κ2) is 8.51. The molecule has 0 spiro atoms. The molecule has 2 fully saturated rings. The Balaban J connectivity index is 1.60. The van der Waals surface area contributed by atoms with Gasteiger partial charge in [0.05, 0.1) is 16.6 Å². The zero-order chi connectivity index (χ0) is 20.4. The molecule has 29 heavy (non-hydrogen) atoms. The van der Waals surface area contributed by atoms with Gasteiger partial charge in [0.1, 0.15) is 6.61 Å². The molecule has 0 aliphatic carbocycles. The Labute approximate surface area is 175 Å². The number of likely N-dealkylation sites (tertiary alicyclic amines) is 2. The van der Waals surface area contributed by atoms with E-state index < -0.39 is 0 Å². The molecule has 0 bridgehead atoms. The quantitative estimate of drug-likeness (QED) is 0.755. The Morgan fingerprint density at radius 1 is 1.17 bits per heavy atom. The monoisotopic (exact) mass is 413 g/mol. The summed E-state index contributed by atoms with van der Waals surface area (Å²) in [4.78, 5) is 33.6. The molecule has 152 valence electrons. The molecule has 2 aromatic rings. The van der Waals surface area contributed by atoms with E-state index in [2.05, 4.69) is 4.98 Å². The lowest BCUT2D eigenvalue weighted by Gasteiger charge is -2.30. The summed E-state index contributed by atoms with van der Waals surface area (Å²) in [6.45, 7) is 4.41. The molecule has 3 heterocycles. The van der Waals surface area contributed by atoms with Crippen molar-refractivity contribution in [1.29, 1.82) is 0 Å². The fourth-order valence-electron chi connectivity index (χ4n) is 4.51. The fraction of sp³-hybridized carbons (Fsp3) is 0.409. The highest BCUT2D eigenvalue weighted by Crippen LogP contribution is 2.45. The summed E-state index contributed by atoms with van der Waals surface area (Å²) in [5.41, 5.74) is 1.57. The Morgan fingerprint density at radius 2 is 1.97 bits per heavy atom. The molecule has 2 aliphatic heterocycles. The van der Waals surface area contributed by atoms with E-state index in [1.54, 1.807) is 12.3 Å². The molecular weight excluding hydrogens is 390 g/mol. The molecule has 3 atom stereocenters. The van der Waals surface area contributed by atoms with Crippen molar-refractivity contribution in [3.8, 4) is 0 Å². The summed E-state index contributed by atoms with van der Waals surface area (Å²) >= 11 is 6.05. The van der Waals surface area contributed by atoms with E-state index in [-0.39, 0.29) is 36.3 Å². The van der Waals surface area contributed by atoms with Crippen LogP contribution in [0.5, 0.6) is 0 Å². The van der Waals surface area contributed by atoms with Crippen molar-refractivity contribution in [1.82, 2.24) is 14.8 Å². The standard InChI is InChI=1S/C22H24ClN3O3/c1-2-29-14-20(27)25-11-17-12-26(22(28)16-8-18(23)10-24-9-16)21(19(17)13-25)15-6-4-3-5-7-15/h3-10,17,19,21H,2,11-14H2,1H3/t17-,19-,21+/m0/s1. The van der Waals surface area contributed by atoms with Crippen LogP contribution in [0.4, 0.5) is 0 Å². The zero-order valence-corrected chi connectivity index (χ0v) is 17.1. The number of benzene rings is 1. The van der Waals surface area contributed by atoms with E-state index in [0.717, 1.165) is 5.56 Å². The first-order chi connectivity index (χ1) is 14.1. The summed E-state index contributed by atoms with van der Waals surface area (Å²) in [5, 5.41) is 0.444. The summed E-state index contributed by atoms with van der Waals surface area (Å²) in [5.74, 6) is 0.376. The topological polar surface area (TPSA) is 62.7 Å². The maximum atomic E-state index is 13.3. The minimum atomic E-state index is -0.0856. The third kappa shape index (κ3) is 4.00. The van der Waals surface area contributed by atoms with E-state index in [1.807, 2.05) is 47.1 Å². The van der Waals surface area contributed by atoms with Crippen molar-refractivity contribution < 1.29 is 14.3 Å². The van der Waals surface area contributed by atoms with Gasteiger partial charge in [-0.15, -0.1) is 0 Å². The molecule has 4 rings (SSSR count). The Bertz CT molecular complexity index is 892. The van der Waals surface area contributed by atoms with Gasteiger partial charge < -0.3 is 14.5 Å². The molecular formula is C22H24ClN3O3. The van der Waals surface area contributed by atoms with Gasteiger partial charge in [-0.1, -0.05) is 41.9 Å². The maximum absolute atomic E-state index is 13.3. The number of rotatable bonds is 5. The Morgan fingerprint density at radius 3 is 2.69 bits per heavy atom. The molecule has 0 unspecified atom stereocenters. The van der Waals surface area contributed by atoms with Crippen LogP contribution in [-0.4, -0.2) is 59.4 Å². The summed E-state index contributed by atoms with van der Waals surface area (Å²) in [7, 11) is 0. The highest BCUT2D eigenvalue weighted by molar-refractivity contribution is 6.30. The largest absolute Gasteiger partial charge is 0.372 e. The number of hydrogen-bond donors (Lipinski definition) is 0. The minimum Gasteiger partial charge on any atom is -0.372 e. The third-order valence-corrected chi connectivity index (χ3v) is 6.01. The number of nitrogens with zero attached hydrogens (tertiary/aromatic N) is 3. The van der Waals surface area contributed by atoms with Crippen LogP contribution in [0, 0.1) is 11.8 Å². The highest BCUT2D eigenvalue weighted by Gasteiger charge is 2.50. The van der Waals surface area contributed by atoms with E-state index in [4.69, 9.17) is 16.3 Å². The van der Waals surface area contributed by atoms with E-state index in [1.165, 1.54) is 6.20 Å². The average Bonchev–Trinajstić information content (AvgIpc) is 3.30. The predicted octanol–water partition coefficient (Wildman–Crippen LogP) is 3.04. The van der Waals surface area contributed by atoms with E-state index in [0.29, 0.717) is 36.8 Å². The lowest BCUT2D eigenvalue weighted by Crippen LogP contribution is -2.38. The number of aromatic nitrogens is 1. The van der Waals surface area contributed by atoms with E-state index in [9.17, 15) is 9.59 Å². The first-order valence-electron chi connectivity index (χ1n) is 9.90. The maximum Gasteiger partial charge on any atom is 0.256 e. The smallest absolute Gasteiger partial charge is 0.256 e. The van der Waals surface area contributed by atoms with Gasteiger partial charge in [0, 0.05) is 50.5 Å². The molecule has 6 nitrogen and oxygen atoms in total. The van der Waals surface area contributed by atoms with Gasteiger partial charge in [-0.2, -0.15) is 0 Å².